The lowest BCUT2D eigenvalue weighted by Crippen LogP contribution is -2.08. The molecule has 0 unspecified atom stereocenters. The number of rotatable bonds is 7. The van der Waals surface area contributed by atoms with Crippen LogP contribution in [0.5, 0.6) is 11.5 Å². The van der Waals surface area contributed by atoms with Gasteiger partial charge in [-0.05, 0) is 12.1 Å². The van der Waals surface area contributed by atoms with Crippen molar-refractivity contribution in [3.63, 3.8) is 0 Å². The molecule has 1 N–H and O–H groups in total. The molecule has 0 aliphatic heterocycles. The lowest BCUT2D eigenvalue weighted by atomic mass is 10.2. The predicted molar refractivity (Wildman–Crippen MR) is 70.4 cm³/mol. The predicted octanol–water partition coefficient (Wildman–Crippen LogP) is 0.924. The third-order valence-corrected chi connectivity index (χ3v) is 2.82. The average Bonchev–Trinajstić information content (AvgIpc) is 2.36. The second-order valence-electron chi connectivity index (χ2n) is 3.90. The van der Waals surface area contributed by atoms with Crippen LogP contribution in [0.2, 0.25) is 0 Å². The highest BCUT2D eigenvalue weighted by molar-refractivity contribution is 7.85. The van der Waals surface area contributed by atoms with Gasteiger partial charge in [-0.15, -0.1) is 0 Å². The molecule has 20 heavy (non-hydrogen) atoms. The van der Waals surface area contributed by atoms with Crippen molar-refractivity contribution in [1.29, 1.82) is 0 Å². The van der Waals surface area contributed by atoms with Crippen LogP contribution >= 0.6 is 0 Å². The molecular weight excluding hydrogens is 288 g/mol. The van der Waals surface area contributed by atoms with Crippen LogP contribution in [0.4, 0.5) is 0 Å². The highest BCUT2D eigenvalue weighted by atomic mass is 32.2. The van der Waals surface area contributed by atoms with E-state index >= 15 is 0 Å². The minimum absolute atomic E-state index is 0.0189. The first-order valence-electron chi connectivity index (χ1n) is 5.72. The van der Waals surface area contributed by atoms with E-state index in [1.807, 2.05) is 0 Å². The first-order valence-corrected chi connectivity index (χ1v) is 7.53. The summed E-state index contributed by atoms with van der Waals surface area (Å²) in [6.45, 7) is 0.234. The molecule has 0 fully saturated rings. The molecule has 0 aromatic heterocycles. The highest BCUT2D eigenvalue weighted by Crippen LogP contribution is 2.24. The van der Waals surface area contributed by atoms with Crippen molar-refractivity contribution in [1.82, 2.24) is 0 Å². The minimum Gasteiger partial charge on any atom is -0.507 e. The molecule has 0 radical (unpaired) electrons. The van der Waals surface area contributed by atoms with Gasteiger partial charge in [0.1, 0.15) is 17.1 Å². The molecule has 0 atom stereocenters. The van der Waals surface area contributed by atoms with Crippen molar-refractivity contribution in [3.8, 4) is 11.5 Å². The van der Waals surface area contributed by atoms with E-state index in [1.54, 1.807) is 0 Å². The van der Waals surface area contributed by atoms with Gasteiger partial charge in [0, 0.05) is 12.5 Å². The Labute approximate surface area is 117 Å². The van der Waals surface area contributed by atoms with Gasteiger partial charge < -0.3 is 14.6 Å². The maximum absolute atomic E-state index is 11.2. The average molecular weight is 304 g/mol. The number of hydrogen-bond acceptors (Lipinski definition) is 7. The topological polar surface area (TPSA) is 99.1 Å². The Kier molecular flexibility index (Phi) is 5.78. The summed E-state index contributed by atoms with van der Waals surface area (Å²) in [6.07, 6.45) is 1.34. The fourth-order valence-electron chi connectivity index (χ4n) is 1.34. The zero-order valence-electron chi connectivity index (χ0n) is 11.2. The number of carbonyl (C=O) groups excluding carboxylic acids is 1. The van der Waals surface area contributed by atoms with Gasteiger partial charge in [-0.2, -0.15) is 8.42 Å². The van der Waals surface area contributed by atoms with Crippen molar-refractivity contribution < 1.29 is 32.0 Å². The third kappa shape index (κ3) is 5.45. The molecule has 1 aromatic rings. The normalized spacial score (nSPS) is 11.1. The van der Waals surface area contributed by atoms with Gasteiger partial charge in [0.15, 0.2) is 0 Å². The molecule has 7 nitrogen and oxygen atoms in total. The van der Waals surface area contributed by atoms with E-state index in [0.717, 1.165) is 6.26 Å². The number of ether oxygens (including phenoxy) is 2. The molecule has 0 amide bonds. The lowest BCUT2D eigenvalue weighted by Gasteiger charge is -2.08. The Morgan fingerprint density at radius 1 is 1.30 bits per heavy atom. The smallest absolute Gasteiger partial charge is 0.341 e. The monoisotopic (exact) mass is 304 g/mol. The number of phenols is 1. The van der Waals surface area contributed by atoms with Crippen LogP contribution in [-0.4, -0.2) is 46.1 Å². The Morgan fingerprint density at radius 2 is 2.00 bits per heavy atom. The quantitative estimate of drug-likeness (QED) is 0.454. The minimum atomic E-state index is -3.44. The third-order valence-electron chi connectivity index (χ3n) is 2.23. The van der Waals surface area contributed by atoms with Crippen molar-refractivity contribution in [2.24, 2.45) is 0 Å². The van der Waals surface area contributed by atoms with Gasteiger partial charge in [0.05, 0.1) is 26.6 Å². The SMILES string of the molecule is COC(=O)c1ccc(OCCCOS(C)(=O)=O)cc1O. The van der Waals surface area contributed by atoms with Crippen LogP contribution in [0.3, 0.4) is 0 Å². The highest BCUT2D eigenvalue weighted by Gasteiger charge is 2.12. The zero-order chi connectivity index (χ0) is 15.2. The van der Waals surface area contributed by atoms with E-state index in [9.17, 15) is 18.3 Å². The number of benzene rings is 1. The maximum Gasteiger partial charge on any atom is 0.341 e. The van der Waals surface area contributed by atoms with Gasteiger partial charge in [-0.25, -0.2) is 4.79 Å². The lowest BCUT2D eigenvalue weighted by molar-refractivity contribution is 0.0597. The number of aromatic hydroxyl groups is 1. The van der Waals surface area contributed by atoms with Gasteiger partial charge in [0.2, 0.25) is 0 Å². The summed E-state index contributed by atoms with van der Waals surface area (Å²) in [5.74, 6) is -0.535. The summed E-state index contributed by atoms with van der Waals surface area (Å²) in [5.41, 5.74) is 0.0419. The summed E-state index contributed by atoms with van der Waals surface area (Å²) in [7, 11) is -2.22. The van der Waals surface area contributed by atoms with E-state index in [1.165, 1.54) is 25.3 Å². The number of esters is 1. The molecule has 1 rings (SSSR count). The molecule has 0 aliphatic rings. The fraction of sp³-hybridized carbons (Fsp3) is 0.417. The summed E-state index contributed by atoms with van der Waals surface area (Å²) in [5, 5.41) is 9.62. The first-order chi connectivity index (χ1) is 9.33. The van der Waals surface area contributed by atoms with Crippen LogP contribution < -0.4 is 4.74 Å². The molecule has 0 saturated heterocycles. The van der Waals surface area contributed by atoms with Gasteiger partial charge in [0.25, 0.3) is 10.1 Å². The van der Waals surface area contributed by atoms with Crippen molar-refractivity contribution in [2.75, 3.05) is 26.6 Å². The first kappa shape index (κ1) is 16.3. The second-order valence-corrected chi connectivity index (χ2v) is 5.54. The van der Waals surface area contributed by atoms with Crippen LogP contribution in [-0.2, 0) is 19.0 Å². The van der Waals surface area contributed by atoms with Gasteiger partial charge in [-0.1, -0.05) is 0 Å². The Balaban J connectivity index is 2.46. The molecule has 8 heteroatoms. The van der Waals surface area contributed by atoms with Gasteiger partial charge >= 0.3 is 5.97 Å². The standard InChI is InChI=1S/C12H16O7S/c1-17-12(14)10-5-4-9(8-11(10)13)18-6-3-7-19-20(2,15)16/h4-5,8,13H,3,6-7H2,1-2H3. The summed E-state index contributed by atoms with van der Waals surface area (Å²) in [6, 6.07) is 4.16. The van der Waals surface area contributed by atoms with Crippen molar-refractivity contribution in [3.05, 3.63) is 23.8 Å². The van der Waals surface area contributed by atoms with Crippen LogP contribution in [0.25, 0.3) is 0 Å². The molecule has 0 spiro atoms. The molecule has 0 heterocycles. The molecule has 1 aromatic carbocycles. The van der Waals surface area contributed by atoms with Crippen LogP contribution in [0, 0.1) is 0 Å². The van der Waals surface area contributed by atoms with Crippen LogP contribution in [0.1, 0.15) is 16.8 Å². The van der Waals surface area contributed by atoms with E-state index in [4.69, 9.17) is 4.74 Å². The Morgan fingerprint density at radius 3 is 2.55 bits per heavy atom. The maximum atomic E-state index is 11.2. The molecule has 0 aliphatic carbocycles. The van der Waals surface area contributed by atoms with Crippen molar-refractivity contribution in [2.45, 2.75) is 6.42 Å². The second kappa shape index (κ2) is 7.11. The fourth-order valence-corrected chi connectivity index (χ4v) is 1.76. The van der Waals surface area contributed by atoms with E-state index in [0.29, 0.717) is 12.2 Å². The largest absolute Gasteiger partial charge is 0.507 e. The van der Waals surface area contributed by atoms with E-state index < -0.39 is 16.1 Å². The summed E-state index contributed by atoms with van der Waals surface area (Å²) in [4.78, 5) is 11.2. The van der Waals surface area contributed by atoms with Gasteiger partial charge in [-0.3, -0.25) is 4.18 Å². The zero-order valence-corrected chi connectivity index (χ0v) is 12.0. The van der Waals surface area contributed by atoms with E-state index in [-0.39, 0.29) is 24.5 Å². The molecule has 0 saturated carbocycles. The van der Waals surface area contributed by atoms with E-state index in [2.05, 4.69) is 8.92 Å². The summed E-state index contributed by atoms with van der Waals surface area (Å²) < 4.78 is 35.7. The molecule has 0 bridgehead atoms. The van der Waals surface area contributed by atoms with Crippen molar-refractivity contribution >= 4 is 16.1 Å². The van der Waals surface area contributed by atoms with Crippen LogP contribution in [0.15, 0.2) is 18.2 Å². The number of hydrogen-bond donors (Lipinski definition) is 1. The summed E-state index contributed by atoms with van der Waals surface area (Å²) >= 11 is 0. The number of carbonyl (C=O) groups is 1. The Bertz CT molecular complexity index is 565. The number of phenolic OH excluding ortho intramolecular Hbond substituents is 1. The Hall–Kier alpha value is -1.80. The molecule has 112 valence electrons. The number of methoxy groups -OCH3 is 1. The molecular formula is C12H16O7S.